The number of rotatable bonds is 3. The van der Waals surface area contributed by atoms with Gasteiger partial charge in [0.25, 0.3) is 0 Å². The molecule has 2 aromatic rings. The van der Waals surface area contributed by atoms with E-state index in [-0.39, 0.29) is 12.1 Å². The number of carbonyl (C=O) groups excluding carboxylic acids is 1. The summed E-state index contributed by atoms with van der Waals surface area (Å²) in [6, 6.07) is -0.188. The quantitative estimate of drug-likeness (QED) is 0.870. The highest BCUT2D eigenvalue weighted by Gasteiger charge is 2.33. The Hall–Kier alpha value is -2.42. The third-order valence-corrected chi connectivity index (χ3v) is 5.85. The van der Waals surface area contributed by atoms with Crippen LogP contribution in [0, 0.1) is 6.92 Å². The number of aromatic nitrogens is 4. The normalized spacial score (nSPS) is 21.8. The van der Waals surface area contributed by atoms with Crippen LogP contribution in [-0.2, 0) is 7.05 Å². The lowest BCUT2D eigenvalue weighted by molar-refractivity contribution is 0.0960. The number of nitrogens with one attached hydrogen (secondary N) is 1. The van der Waals surface area contributed by atoms with E-state index in [1.165, 1.54) is 19.3 Å². The van der Waals surface area contributed by atoms with Gasteiger partial charge in [-0.15, -0.1) is 0 Å². The van der Waals surface area contributed by atoms with E-state index in [2.05, 4.69) is 25.5 Å². The smallest absolute Gasteiger partial charge is 0.322 e. The van der Waals surface area contributed by atoms with Gasteiger partial charge in [-0.05, 0) is 26.8 Å². The Labute approximate surface area is 165 Å². The maximum Gasteiger partial charge on any atom is 0.322 e. The predicted molar refractivity (Wildman–Crippen MR) is 104 cm³/mol. The maximum absolute atomic E-state index is 13.0. The van der Waals surface area contributed by atoms with Gasteiger partial charge in [0.05, 0.1) is 11.4 Å². The molecule has 9 heteroatoms. The number of anilines is 1. The predicted octanol–water partition coefficient (Wildman–Crippen LogP) is 2.68. The number of nitrogens with zero attached hydrogens (tertiary/aromatic N) is 6. The average molecular weight is 387 g/mol. The van der Waals surface area contributed by atoms with Crippen molar-refractivity contribution in [1.29, 1.82) is 0 Å². The van der Waals surface area contributed by atoms with Crippen molar-refractivity contribution in [1.82, 2.24) is 29.7 Å². The van der Waals surface area contributed by atoms with Gasteiger partial charge in [0.1, 0.15) is 6.04 Å². The van der Waals surface area contributed by atoms with Crippen molar-refractivity contribution in [2.24, 2.45) is 7.05 Å². The lowest BCUT2D eigenvalue weighted by Gasteiger charge is -2.37. The van der Waals surface area contributed by atoms with Gasteiger partial charge in [-0.3, -0.25) is 9.58 Å². The van der Waals surface area contributed by atoms with E-state index < -0.39 is 0 Å². The highest BCUT2D eigenvalue weighted by molar-refractivity contribution is 5.90. The van der Waals surface area contributed by atoms with Crippen molar-refractivity contribution in [3.8, 4) is 0 Å². The third-order valence-electron chi connectivity index (χ3n) is 5.85. The molecular weight excluding hydrogens is 358 g/mol. The SMILES string of the molecule is Cc1noc(C2CN(C(=O)Nc3cn(C)nc3C3CCCCC3)CCN2C)n1. The molecule has 1 aliphatic heterocycles. The highest BCUT2D eigenvalue weighted by atomic mass is 16.5. The summed E-state index contributed by atoms with van der Waals surface area (Å²) in [6.07, 6.45) is 7.97. The first-order valence-electron chi connectivity index (χ1n) is 10.1. The Morgan fingerprint density at radius 1 is 1.21 bits per heavy atom. The average Bonchev–Trinajstić information content (AvgIpc) is 3.28. The molecule has 2 aliphatic rings. The second-order valence-corrected chi connectivity index (χ2v) is 7.99. The lowest BCUT2D eigenvalue weighted by Crippen LogP contribution is -2.50. The molecule has 1 unspecified atom stereocenters. The summed E-state index contributed by atoms with van der Waals surface area (Å²) in [5.74, 6) is 1.60. The summed E-state index contributed by atoms with van der Waals surface area (Å²) in [4.78, 5) is 21.3. The molecular formula is C19H29N7O2. The molecule has 0 radical (unpaired) electrons. The molecule has 4 rings (SSSR count). The van der Waals surface area contributed by atoms with Crippen LogP contribution in [0.15, 0.2) is 10.7 Å². The van der Waals surface area contributed by atoms with E-state index in [0.717, 1.165) is 30.8 Å². The van der Waals surface area contributed by atoms with E-state index in [9.17, 15) is 4.79 Å². The Morgan fingerprint density at radius 2 is 2.00 bits per heavy atom. The monoisotopic (exact) mass is 387 g/mol. The summed E-state index contributed by atoms with van der Waals surface area (Å²) in [6.45, 7) is 3.73. The van der Waals surface area contributed by atoms with E-state index in [4.69, 9.17) is 4.52 Å². The van der Waals surface area contributed by atoms with E-state index in [1.54, 1.807) is 11.6 Å². The van der Waals surface area contributed by atoms with Crippen molar-refractivity contribution >= 4 is 11.7 Å². The van der Waals surface area contributed by atoms with Crippen molar-refractivity contribution in [2.75, 3.05) is 32.0 Å². The fourth-order valence-corrected chi connectivity index (χ4v) is 4.25. The molecule has 9 nitrogen and oxygen atoms in total. The van der Waals surface area contributed by atoms with Gasteiger partial charge in [-0.2, -0.15) is 10.1 Å². The highest BCUT2D eigenvalue weighted by Crippen LogP contribution is 2.35. The summed E-state index contributed by atoms with van der Waals surface area (Å²) in [5.41, 5.74) is 1.86. The molecule has 2 fully saturated rings. The molecule has 2 amide bonds. The maximum atomic E-state index is 13.0. The number of hydrogen-bond acceptors (Lipinski definition) is 6. The van der Waals surface area contributed by atoms with Crippen LogP contribution in [0.2, 0.25) is 0 Å². The second kappa shape index (κ2) is 7.90. The molecule has 1 atom stereocenters. The minimum atomic E-state index is -0.0978. The molecule has 0 aromatic carbocycles. The molecule has 2 aromatic heterocycles. The van der Waals surface area contributed by atoms with Crippen LogP contribution in [0.3, 0.4) is 0 Å². The van der Waals surface area contributed by atoms with E-state index in [0.29, 0.717) is 30.7 Å². The number of carbonyl (C=O) groups is 1. The minimum Gasteiger partial charge on any atom is -0.338 e. The largest absolute Gasteiger partial charge is 0.338 e. The van der Waals surface area contributed by atoms with Crippen molar-refractivity contribution in [2.45, 2.75) is 51.0 Å². The fraction of sp³-hybridized carbons (Fsp3) is 0.684. The Balaban J connectivity index is 1.46. The first-order chi connectivity index (χ1) is 13.5. The first kappa shape index (κ1) is 18.9. The van der Waals surface area contributed by atoms with Crippen molar-refractivity contribution < 1.29 is 9.32 Å². The minimum absolute atomic E-state index is 0.0904. The molecule has 1 N–H and O–H groups in total. The molecule has 1 saturated carbocycles. The van der Waals surface area contributed by atoms with Gasteiger partial charge < -0.3 is 14.7 Å². The van der Waals surface area contributed by atoms with Crippen LogP contribution in [0.5, 0.6) is 0 Å². The zero-order valence-electron chi connectivity index (χ0n) is 16.9. The van der Waals surface area contributed by atoms with Crippen LogP contribution in [-0.4, -0.2) is 62.4 Å². The first-order valence-corrected chi connectivity index (χ1v) is 10.1. The van der Waals surface area contributed by atoms with E-state index >= 15 is 0 Å². The van der Waals surface area contributed by atoms with Crippen molar-refractivity contribution in [3.63, 3.8) is 0 Å². The Kier molecular flexibility index (Phi) is 5.34. The Bertz CT molecular complexity index is 824. The van der Waals surface area contributed by atoms with Gasteiger partial charge in [0.2, 0.25) is 5.89 Å². The zero-order chi connectivity index (χ0) is 19.7. The van der Waals surface area contributed by atoms with Crippen LogP contribution >= 0.6 is 0 Å². The molecule has 1 aliphatic carbocycles. The van der Waals surface area contributed by atoms with Crippen LogP contribution in [0.1, 0.15) is 61.5 Å². The number of aryl methyl sites for hydroxylation is 2. The van der Waals surface area contributed by atoms with Crippen LogP contribution in [0.4, 0.5) is 10.5 Å². The summed E-state index contributed by atoms with van der Waals surface area (Å²) in [7, 11) is 3.92. The topological polar surface area (TPSA) is 92.3 Å². The summed E-state index contributed by atoms with van der Waals surface area (Å²) in [5, 5.41) is 11.6. The van der Waals surface area contributed by atoms with Gasteiger partial charge in [0.15, 0.2) is 5.82 Å². The van der Waals surface area contributed by atoms with Gasteiger partial charge >= 0.3 is 6.03 Å². The van der Waals surface area contributed by atoms with Gasteiger partial charge in [-0.25, -0.2) is 4.79 Å². The number of urea groups is 1. The molecule has 152 valence electrons. The summed E-state index contributed by atoms with van der Waals surface area (Å²) < 4.78 is 7.15. The molecule has 3 heterocycles. The number of piperazine rings is 1. The van der Waals surface area contributed by atoms with Crippen LogP contribution < -0.4 is 5.32 Å². The molecule has 28 heavy (non-hydrogen) atoms. The number of hydrogen-bond donors (Lipinski definition) is 1. The van der Waals surface area contributed by atoms with E-state index in [1.807, 2.05) is 25.2 Å². The molecule has 0 bridgehead atoms. The Morgan fingerprint density at radius 3 is 2.71 bits per heavy atom. The molecule has 1 saturated heterocycles. The number of amides is 2. The fourth-order valence-electron chi connectivity index (χ4n) is 4.25. The van der Waals surface area contributed by atoms with Gasteiger partial charge in [-0.1, -0.05) is 24.4 Å². The summed E-state index contributed by atoms with van der Waals surface area (Å²) >= 11 is 0. The lowest BCUT2D eigenvalue weighted by atomic mass is 9.86. The molecule has 0 spiro atoms. The standard InChI is InChI=1S/C19H29N7O2/c1-13-20-18(28-23-13)16-12-26(10-9-24(16)2)19(27)21-15-11-25(3)22-17(15)14-7-5-4-6-8-14/h11,14,16H,4-10,12H2,1-3H3,(H,21,27). The van der Waals surface area contributed by atoms with Gasteiger partial charge in [0, 0.05) is 38.8 Å². The number of likely N-dealkylation sites (N-methyl/N-ethyl adjacent to an activating group) is 1. The third kappa shape index (κ3) is 3.89. The zero-order valence-corrected chi connectivity index (χ0v) is 16.9. The second-order valence-electron chi connectivity index (χ2n) is 7.99. The van der Waals surface area contributed by atoms with Crippen molar-refractivity contribution in [3.05, 3.63) is 23.6 Å². The van der Waals surface area contributed by atoms with Crippen LogP contribution in [0.25, 0.3) is 0 Å².